The maximum absolute atomic E-state index is 12.3. The van der Waals surface area contributed by atoms with Gasteiger partial charge in [0.25, 0.3) is 0 Å². The fourth-order valence-electron chi connectivity index (χ4n) is 0.676. The van der Waals surface area contributed by atoms with E-state index in [0.29, 0.717) is 0 Å². The summed E-state index contributed by atoms with van der Waals surface area (Å²) in [7, 11) is 0. The predicted octanol–water partition coefficient (Wildman–Crippen LogP) is 2.26. The lowest BCUT2D eigenvalue weighted by Gasteiger charge is -2.10. The van der Waals surface area contributed by atoms with Crippen molar-refractivity contribution in [2.24, 2.45) is 0 Å². The van der Waals surface area contributed by atoms with E-state index in [1.54, 1.807) is 0 Å². The van der Waals surface area contributed by atoms with Gasteiger partial charge in [-0.2, -0.15) is 13.2 Å². The summed E-state index contributed by atoms with van der Waals surface area (Å²) >= 11 is 0. The second-order valence-electron chi connectivity index (χ2n) is 2.25. The molecule has 0 atom stereocenters. The van der Waals surface area contributed by atoms with E-state index in [2.05, 4.69) is 0 Å². The van der Waals surface area contributed by atoms with Crippen LogP contribution in [-0.2, 0) is 0 Å². The van der Waals surface area contributed by atoms with Crippen molar-refractivity contribution in [3.8, 4) is 0 Å². The summed E-state index contributed by atoms with van der Waals surface area (Å²) in [4.78, 5) is 0. The molecule has 2 N–H and O–H groups in total. The van der Waals surface area contributed by atoms with Gasteiger partial charge < -0.3 is 5.43 Å². The van der Waals surface area contributed by atoms with E-state index in [1.165, 1.54) is 12.1 Å². The van der Waals surface area contributed by atoms with Crippen LogP contribution < -0.4 is 10.9 Å². The summed E-state index contributed by atoms with van der Waals surface area (Å²) < 4.78 is 47.0. The van der Waals surface area contributed by atoms with Crippen LogP contribution in [0.1, 0.15) is 0 Å². The number of anilines is 1. The molecule has 0 aliphatic carbocycles. The predicted molar refractivity (Wildman–Crippen MR) is 39.2 cm³/mol. The largest absolute Gasteiger partial charge is 0.474 e. The van der Waals surface area contributed by atoms with Crippen LogP contribution in [-0.4, -0.2) is 6.30 Å². The lowest BCUT2D eigenvalue weighted by atomic mass is 10.3. The topological polar surface area (TPSA) is 24.1 Å². The molecule has 6 heteroatoms. The number of hydrazine groups is 1. The second-order valence-corrected chi connectivity index (χ2v) is 2.25. The van der Waals surface area contributed by atoms with Crippen molar-refractivity contribution in [3.05, 3.63) is 30.1 Å². The summed E-state index contributed by atoms with van der Waals surface area (Å²) in [5, 5.41) is 0. The van der Waals surface area contributed by atoms with E-state index < -0.39 is 12.1 Å². The van der Waals surface area contributed by atoms with E-state index >= 15 is 0 Å². The van der Waals surface area contributed by atoms with Crippen molar-refractivity contribution in [2.45, 2.75) is 6.30 Å². The third-order valence-electron chi connectivity index (χ3n) is 1.19. The molecule has 0 radical (unpaired) electrons. The minimum atomic E-state index is -4.51. The molecule has 0 bridgehead atoms. The summed E-state index contributed by atoms with van der Waals surface area (Å²) in [5.41, 5.74) is 3.09. The van der Waals surface area contributed by atoms with E-state index in [4.69, 9.17) is 0 Å². The van der Waals surface area contributed by atoms with Gasteiger partial charge in [0.05, 0.1) is 0 Å². The Morgan fingerprint density at radius 3 is 2.00 bits per heavy atom. The average Bonchev–Trinajstić information content (AvgIpc) is 2.02. The van der Waals surface area contributed by atoms with Gasteiger partial charge in [-0.05, 0) is 24.3 Å². The van der Waals surface area contributed by atoms with E-state index in [-0.39, 0.29) is 5.69 Å². The van der Waals surface area contributed by atoms with Gasteiger partial charge in [0.2, 0.25) is 0 Å². The zero-order valence-corrected chi connectivity index (χ0v) is 6.32. The van der Waals surface area contributed by atoms with Crippen LogP contribution in [0.25, 0.3) is 0 Å². The smallest absolute Gasteiger partial charge is 0.314 e. The van der Waals surface area contributed by atoms with Crippen molar-refractivity contribution < 1.29 is 17.6 Å². The molecule has 13 heavy (non-hydrogen) atoms. The van der Waals surface area contributed by atoms with Crippen LogP contribution in [0.2, 0.25) is 0 Å². The Morgan fingerprint density at radius 2 is 1.54 bits per heavy atom. The van der Waals surface area contributed by atoms with Crippen LogP contribution in [0, 0.1) is 5.82 Å². The van der Waals surface area contributed by atoms with Gasteiger partial charge >= 0.3 is 6.30 Å². The van der Waals surface area contributed by atoms with Crippen molar-refractivity contribution in [2.75, 3.05) is 5.43 Å². The van der Waals surface area contributed by atoms with Gasteiger partial charge in [0, 0.05) is 5.69 Å². The Balaban J connectivity index is 2.51. The molecule has 0 unspecified atom stereocenters. The first-order valence-electron chi connectivity index (χ1n) is 3.33. The first kappa shape index (κ1) is 9.79. The van der Waals surface area contributed by atoms with Crippen molar-refractivity contribution >= 4 is 5.69 Å². The maximum Gasteiger partial charge on any atom is 0.474 e. The first-order chi connectivity index (χ1) is 5.97. The molecule has 0 fully saturated rings. The van der Waals surface area contributed by atoms with Crippen LogP contribution >= 0.6 is 0 Å². The SMILES string of the molecule is Fc1ccc(NNC(F)(F)F)cc1. The van der Waals surface area contributed by atoms with Gasteiger partial charge in [0.15, 0.2) is 0 Å². The molecule has 1 rings (SSSR count). The number of hydrogen-bond acceptors (Lipinski definition) is 2. The highest BCUT2D eigenvalue weighted by molar-refractivity contribution is 5.41. The third kappa shape index (κ3) is 3.75. The van der Waals surface area contributed by atoms with Crippen molar-refractivity contribution in [1.29, 1.82) is 0 Å². The molecule has 0 aromatic heterocycles. The minimum Gasteiger partial charge on any atom is -0.314 e. The number of rotatable bonds is 2. The van der Waals surface area contributed by atoms with Gasteiger partial charge in [0.1, 0.15) is 5.82 Å². The number of benzene rings is 1. The van der Waals surface area contributed by atoms with Crippen LogP contribution in [0.5, 0.6) is 0 Å². The first-order valence-corrected chi connectivity index (χ1v) is 3.33. The Hall–Kier alpha value is -1.30. The maximum atomic E-state index is 12.3. The quantitative estimate of drug-likeness (QED) is 0.428. The Bertz CT molecular complexity index is 267. The molecule has 72 valence electrons. The molecule has 0 heterocycles. The summed E-state index contributed by atoms with van der Waals surface area (Å²) in [5.74, 6) is -0.502. The highest BCUT2D eigenvalue weighted by Gasteiger charge is 2.26. The van der Waals surface area contributed by atoms with E-state index in [9.17, 15) is 17.6 Å². The Morgan fingerprint density at radius 1 is 1.00 bits per heavy atom. The molecule has 2 nitrogen and oxygen atoms in total. The fraction of sp³-hybridized carbons (Fsp3) is 0.143. The number of alkyl halides is 3. The van der Waals surface area contributed by atoms with Crippen LogP contribution in [0.15, 0.2) is 24.3 Å². The van der Waals surface area contributed by atoms with Crippen molar-refractivity contribution in [1.82, 2.24) is 5.43 Å². The second kappa shape index (κ2) is 3.61. The van der Waals surface area contributed by atoms with Crippen LogP contribution in [0.3, 0.4) is 0 Å². The number of halogens is 4. The molecule has 0 aliphatic heterocycles. The van der Waals surface area contributed by atoms with Gasteiger partial charge in [-0.15, -0.1) is 5.43 Å². The molecular weight excluding hydrogens is 188 g/mol. The van der Waals surface area contributed by atoms with Gasteiger partial charge in [-0.25, -0.2) is 4.39 Å². The zero-order chi connectivity index (χ0) is 9.90. The van der Waals surface area contributed by atoms with Gasteiger partial charge in [-0.1, -0.05) is 0 Å². The summed E-state index contributed by atoms with van der Waals surface area (Å²) in [6, 6.07) is 4.49. The van der Waals surface area contributed by atoms with Gasteiger partial charge in [-0.3, -0.25) is 0 Å². The van der Waals surface area contributed by atoms with Crippen molar-refractivity contribution in [3.63, 3.8) is 0 Å². The lowest BCUT2D eigenvalue weighted by molar-refractivity contribution is -0.151. The molecule has 0 spiro atoms. The molecule has 0 amide bonds. The third-order valence-corrected chi connectivity index (χ3v) is 1.19. The molecule has 1 aromatic rings. The van der Waals surface area contributed by atoms with E-state index in [0.717, 1.165) is 17.6 Å². The normalized spacial score (nSPS) is 11.4. The monoisotopic (exact) mass is 194 g/mol. The Labute approximate surface area is 71.5 Å². The average molecular weight is 194 g/mol. The lowest BCUT2D eigenvalue weighted by Crippen LogP contribution is -2.36. The van der Waals surface area contributed by atoms with Crippen LogP contribution in [0.4, 0.5) is 23.2 Å². The highest BCUT2D eigenvalue weighted by Crippen LogP contribution is 2.12. The molecule has 0 aliphatic rings. The van der Waals surface area contributed by atoms with E-state index in [1.807, 2.05) is 5.43 Å². The number of nitrogens with one attached hydrogen (secondary N) is 2. The molecule has 0 saturated heterocycles. The molecule has 1 aromatic carbocycles. The molecule has 0 saturated carbocycles. The standard InChI is InChI=1S/C7H6F4N2/c8-5-1-3-6(4-2-5)12-13-7(9,10)11/h1-4,12-13H. The minimum absolute atomic E-state index is 0.138. The zero-order valence-electron chi connectivity index (χ0n) is 6.32. The fourth-order valence-corrected chi connectivity index (χ4v) is 0.676. The summed E-state index contributed by atoms with van der Waals surface area (Å²) in [6.45, 7) is 0. The number of hydrogen-bond donors (Lipinski definition) is 2. The molecular formula is C7H6F4N2. The Kier molecular flexibility index (Phi) is 2.72. The highest BCUT2D eigenvalue weighted by atomic mass is 19.4. The summed E-state index contributed by atoms with van der Waals surface area (Å²) in [6.07, 6.45) is -4.51.